The zero-order valence-electron chi connectivity index (χ0n) is 10.0. The van der Waals surface area contributed by atoms with E-state index in [2.05, 4.69) is 11.1 Å². The molecule has 3 nitrogen and oxygen atoms in total. The SMILES string of the molecule is CC1=[C]C2=C(C(=O)c3ccc(Cl)s3)C(O)=CCC2=N1. The second kappa shape index (κ2) is 4.47. The molecule has 1 aromatic rings. The number of carbonyl (C=O) groups is 1. The molecule has 0 amide bonds. The fourth-order valence-corrected chi connectivity index (χ4v) is 3.10. The molecule has 0 aromatic carbocycles. The van der Waals surface area contributed by atoms with Gasteiger partial charge in [0, 0.05) is 23.8 Å². The molecule has 1 N–H and O–H groups in total. The number of aliphatic imine (C=N–C) groups is 1. The number of Topliss-reactive ketones (excluding diaryl/α,β-unsaturated/α-hetero) is 1. The van der Waals surface area contributed by atoms with E-state index < -0.39 is 0 Å². The highest BCUT2D eigenvalue weighted by Gasteiger charge is 2.29. The molecule has 3 rings (SSSR count). The second-order valence-corrected chi connectivity index (χ2v) is 5.96. The van der Waals surface area contributed by atoms with E-state index in [1.54, 1.807) is 18.2 Å². The molecule has 2 heterocycles. The molecule has 5 heteroatoms. The lowest BCUT2D eigenvalue weighted by Gasteiger charge is -2.14. The molecule has 0 bridgehead atoms. The molecule has 1 aromatic heterocycles. The van der Waals surface area contributed by atoms with Crippen LogP contribution < -0.4 is 0 Å². The minimum absolute atomic E-state index is 0.00864. The highest BCUT2D eigenvalue weighted by atomic mass is 35.5. The number of nitrogens with zero attached hydrogens (tertiary/aromatic N) is 1. The summed E-state index contributed by atoms with van der Waals surface area (Å²) in [7, 11) is 0. The Labute approximate surface area is 119 Å². The number of hydrogen-bond donors (Lipinski definition) is 1. The van der Waals surface area contributed by atoms with Gasteiger partial charge in [0.2, 0.25) is 5.78 Å². The Morgan fingerprint density at radius 3 is 3.00 bits per heavy atom. The summed E-state index contributed by atoms with van der Waals surface area (Å²) in [6, 6.07) is 3.33. The van der Waals surface area contributed by atoms with Gasteiger partial charge in [0.05, 0.1) is 20.5 Å². The summed E-state index contributed by atoms with van der Waals surface area (Å²) in [4.78, 5) is 17.3. The van der Waals surface area contributed by atoms with Gasteiger partial charge in [0.15, 0.2) is 0 Å². The molecule has 0 spiro atoms. The van der Waals surface area contributed by atoms with Gasteiger partial charge in [-0.25, -0.2) is 0 Å². The summed E-state index contributed by atoms with van der Waals surface area (Å²) < 4.78 is 0.546. The standard InChI is InChI=1S/C14H9ClNO2S/c1-7-6-8-9(16-7)2-3-10(17)13(8)14(18)11-4-5-12(15)19-11/h3-5,17H,2H2,1H3. The van der Waals surface area contributed by atoms with Gasteiger partial charge in [-0.15, -0.1) is 11.3 Å². The number of carbonyl (C=O) groups excluding carboxylic acids is 1. The third-order valence-corrected chi connectivity index (χ3v) is 4.15. The predicted octanol–water partition coefficient (Wildman–Crippen LogP) is 3.89. The van der Waals surface area contributed by atoms with Crippen LogP contribution in [0.3, 0.4) is 0 Å². The van der Waals surface area contributed by atoms with Crippen LogP contribution >= 0.6 is 22.9 Å². The Kier molecular flexibility index (Phi) is 2.92. The zero-order valence-corrected chi connectivity index (χ0v) is 11.6. The summed E-state index contributed by atoms with van der Waals surface area (Å²) in [5.41, 5.74) is 2.37. The summed E-state index contributed by atoms with van der Waals surface area (Å²) in [6.07, 6.45) is 5.16. The number of aliphatic hydroxyl groups excluding tert-OH is 1. The maximum atomic E-state index is 12.5. The third kappa shape index (κ3) is 2.07. The topological polar surface area (TPSA) is 49.7 Å². The lowest BCUT2D eigenvalue weighted by molar-refractivity contribution is 0.103. The molecule has 1 aliphatic carbocycles. The van der Waals surface area contributed by atoms with Crippen LogP contribution in [0.4, 0.5) is 0 Å². The molecule has 0 fully saturated rings. The maximum Gasteiger partial charge on any atom is 0.207 e. The number of allylic oxidation sites excluding steroid dienone is 5. The Hall–Kier alpha value is -1.65. The van der Waals surface area contributed by atoms with E-state index in [0.29, 0.717) is 21.2 Å². The maximum absolute atomic E-state index is 12.5. The molecule has 1 radical (unpaired) electrons. The largest absolute Gasteiger partial charge is 0.507 e. The van der Waals surface area contributed by atoms with Crippen LogP contribution in [0.5, 0.6) is 0 Å². The lowest BCUT2D eigenvalue weighted by Crippen LogP contribution is -2.15. The van der Waals surface area contributed by atoms with Crippen molar-refractivity contribution in [1.82, 2.24) is 0 Å². The van der Waals surface area contributed by atoms with E-state index in [-0.39, 0.29) is 17.1 Å². The third-order valence-electron chi connectivity index (χ3n) is 2.92. The van der Waals surface area contributed by atoms with Crippen LogP contribution in [0, 0.1) is 6.08 Å². The minimum atomic E-state index is -0.241. The molecular weight excluding hydrogens is 282 g/mol. The Morgan fingerprint density at radius 1 is 1.53 bits per heavy atom. The predicted molar refractivity (Wildman–Crippen MR) is 75.9 cm³/mol. The average Bonchev–Trinajstić information content (AvgIpc) is 2.93. The number of ketones is 1. The van der Waals surface area contributed by atoms with Crippen LogP contribution in [0.25, 0.3) is 0 Å². The van der Waals surface area contributed by atoms with Gasteiger partial charge in [-0.2, -0.15) is 0 Å². The van der Waals surface area contributed by atoms with Crippen molar-refractivity contribution in [1.29, 1.82) is 0 Å². The number of aliphatic hydroxyl groups is 1. The first-order chi connectivity index (χ1) is 9.06. The van der Waals surface area contributed by atoms with Crippen molar-refractivity contribution in [3.05, 3.63) is 56.1 Å². The first kappa shape index (κ1) is 12.4. The highest BCUT2D eigenvalue weighted by molar-refractivity contribution is 7.18. The molecule has 1 aliphatic heterocycles. The normalized spacial score (nSPS) is 17.9. The van der Waals surface area contributed by atoms with Gasteiger partial charge in [-0.05, 0) is 25.1 Å². The molecule has 0 atom stereocenters. The number of hydrogen-bond acceptors (Lipinski definition) is 4. The van der Waals surface area contributed by atoms with E-state index >= 15 is 0 Å². The number of thiophene rings is 1. The van der Waals surface area contributed by atoms with Crippen molar-refractivity contribution < 1.29 is 9.90 Å². The molecule has 95 valence electrons. The van der Waals surface area contributed by atoms with E-state index in [9.17, 15) is 9.90 Å². The van der Waals surface area contributed by atoms with Crippen molar-refractivity contribution in [2.45, 2.75) is 13.3 Å². The summed E-state index contributed by atoms with van der Waals surface area (Å²) in [5.74, 6) is -0.249. The molecule has 0 saturated heterocycles. The van der Waals surface area contributed by atoms with Crippen molar-refractivity contribution in [2.75, 3.05) is 0 Å². The van der Waals surface area contributed by atoms with E-state index in [4.69, 9.17) is 11.6 Å². The van der Waals surface area contributed by atoms with Crippen LogP contribution in [0.1, 0.15) is 23.0 Å². The molecule has 0 saturated carbocycles. The van der Waals surface area contributed by atoms with Gasteiger partial charge in [0.1, 0.15) is 5.76 Å². The molecule has 0 unspecified atom stereocenters. The smallest absolute Gasteiger partial charge is 0.207 e. The molecular formula is C14H9ClNO2S. The number of halogens is 1. The van der Waals surface area contributed by atoms with Gasteiger partial charge >= 0.3 is 0 Å². The summed E-state index contributed by atoms with van der Waals surface area (Å²) in [5, 5.41) is 9.99. The Morgan fingerprint density at radius 2 is 2.32 bits per heavy atom. The summed E-state index contributed by atoms with van der Waals surface area (Å²) >= 11 is 7.04. The fourth-order valence-electron chi connectivity index (χ4n) is 2.11. The summed E-state index contributed by atoms with van der Waals surface area (Å²) in [6.45, 7) is 1.82. The fraction of sp³-hybridized carbons (Fsp3) is 0.143. The van der Waals surface area contributed by atoms with Crippen molar-refractivity contribution in [3.8, 4) is 0 Å². The highest BCUT2D eigenvalue weighted by Crippen LogP contribution is 2.32. The van der Waals surface area contributed by atoms with Crippen LogP contribution in [-0.4, -0.2) is 16.6 Å². The van der Waals surface area contributed by atoms with Gasteiger partial charge in [-0.1, -0.05) is 11.6 Å². The Bertz CT molecular complexity index is 707. The van der Waals surface area contributed by atoms with Crippen LogP contribution in [0.2, 0.25) is 4.34 Å². The zero-order chi connectivity index (χ0) is 13.6. The van der Waals surface area contributed by atoms with E-state index in [1.165, 1.54) is 11.3 Å². The van der Waals surface area contributed by atoms with Crippen molar-refractivity contribution >= 4 is 34.4 Å². The first-order valence-electron chi connectivity index (χ1n) is 5.68. The first-order valence-corrected chi connectivity index (χ1v) is 6.88. The average molecular weight is 291 g/mol. The van der Waals surface area contributed by atoms with Crippen molar-refractivity contribution in [2.24, 2.45) is 4.99 Å². The van der Waals surface area contributed by atoms with Gasteiger partial charge in [-0.3, -0.25) is 9.79 Å². The lowest BCUT2D eigenvalue weighted by atomic mass is 9.91. The van der Waals surface area contributed by atoms with E-state index in [1.807, 2.05) is 6.92 Å². The van der Waals surface area contributed by atoms with Gasteiger partial charge < -0.3 is 5.11 Å². The Balaban J connectivity index is 2.12. The monoisotopic (exact) mass is 290 g/mol. The number of rotatable bonds is 2. The second-order valence-electron chi connectivity index (χ2n) is 4.25. The molecule has 19 heavy (non-hydrogen) atoms. The quantitative estimate of drug-likeness (QED) is 0.840. The van der Waals surface area contributed by atoms with Crippen LogP contribution in [0.15, 0.2) is 45.8 Å². The van der Waals surface area contributed by atoms with Gasteiger partial charge in [0.25, 0.3) is 0 Å². The molecule has 2 aliphatic rings. The minimum Gasteiger partial charge on any atom is -0.507 e. The van der Waals surface area contributed by atoms with Crippen molar-refractivity contribution in [3.63, 3.8) is 0 Å². The van der Waals surface area contributed by atoms with Crippen LogP contribution in [-0.2, 0) is 0 Å². The number of fused-ring (bicyclic) bond motifs is 1. The van der Waals surface area contributed by atoms with E-state index in [0.717, 1.165) is 11.4 Å².